The second-order valence-corrected chi connectivity index (χ2v) is 7.55. The number of unbranched alkanes of at least 4 members (excludes halogenated alkanes) is 1. The van der Waals surface area contributed by atoms with Gasteiger partial charge in [0.25, 0.3) is 0 Å². The molecule has 6 heteroatoms. The Kier molecular flexibility index (Phi) is 5.92. The Morgan fingerprint density at radius 1 is 1.15 bits per heavy atom. The van der Waals surface area contributed by atoms with Crippen LogP contribution in [0.2, 0.25) is 0 Å². The number of benzene rings is 1. The normalized spacial score (nSPS) is 20.7. The van der Waals surface area contributed by atoms with Crippen LogP contribution in [0.4, 0.5) is 0 Å². The third kappa shape index (κ3) is 4.04. The van der Waals surface area contributed by atoms with Gasteiger partial charge in [-0.05, 0) is 42.5 Å². The minimum Gasteiger partial charge on any atom is -0.493 e. The van der Waals surface area contributed by atoms with Gasteiger partial charge in [-0.25, -0.2) is 0 Å². The molecule has 0 saturated heterocycles. The highest BCUT2D eigenvalue weighted by Crippen LogP contribution is 2.42. The highest BCUT2D eigenvalue weighted by atomic mass is 16.5. The minimum absolute atomic E-state index is 0.109. The number of fused-ring (bicyclic) bond motifs is 1. The Labute approximate surface area is 161 Å². The summed E-state index contributed by atoms with van der Waals surface area (Å²) < 4.78 is 10.8. The molecule has 0 spiro atoms. The van der Waals surface area contributed by atoms with Crippen molar-refractivity contribution < 1.29 is 19.1 Å². The van der Waals surface area contributed by atoms with Gasteiger partial charge in [0.1, 0.15) is 0 Å². The van der Waals surface area contributed by atoms with E-state index in [0.29, 0.717) is 25.3 Å². The smallest absolute Gasteiger partial charge is 0.226 e. The van der Waals surface area contributed by atoms with E-state index >= 15 is 0 Å². The molecule has 0 N–H and O–H groups in total. The summed E-state index contributed by atoms with van der Waals surface area (Å²) in [4.78, 5) is 29.1. The number of amides is 2. The van der Waals surface area contributed by atoms with Crippen molar-refractivity contribution in [2.24, 2.45) is 11.8 Å². The first-order valence-electron chi connectivity index (χ1n) is 9.77. The fourth-order valence-corrected chi connectivity index (χ4v) is 3.84. The van der Waals surface area contributed by atoms with Gasteiger partial charge in [-0.2, -0.15) is 0 Å². The van der Waals surface area contributed by atoms with E-state index in [1.165, 1.54) is 5.56 Å². The van der Waals surface area contributed by atoms with E-state index in [0.717, 1.165) is 37.1 Å². The Morgan fingerprint density at radius 3 is 2.44 bits per heavy atom. The number of rotatable bonds is 7. The zero-order valence-electron chi connectivity index (χ0n) is 16.8. The monoisotopic (exact) mass is 374 g/mol. The van der Waals surface area contributed by atoms with Crippen LogP contribution >= 0.6 is 0 Å². The number of ether oxygens (including phenoxy) is 2. The van der Waals surface area contributed by atoms with Crippen LogP contribution in [0, 0.1) is 11.8 Å². The lowest BCUT2D eigenvalue weighted by atomic mass is 9.98. The summed E-state index contributed by atoms with van der Waals surface area (Å²) in [5.41, 5.74) is 2.29. The Bertz CT molecular complexity index is 718. The van der Waals surface area contributed by atoms with Crippen molar-refractivity contribution in [1.29, 1.82) is 0 Å². The Morgan fingerprint density at radius 2 is 1.81 bits per heavy atom. The number of nitrogens with zero attached hydrogens (tertiary/aromatic N) is 2. The highest BCUT2D eigenvalue weighted by molar-refractivity contribution is 5.92. The molecule has 1 aliphatic heterocycles. The van der Waals surface area contributed by atoms with E-state index in [1.54, 1.807) is 19.1 Å². The quantitative estimate of drug-likeness (QED) is 0.736. The molecule has 2 atom stereocenters. The van der Waals surface area contributed by atoms with Crippen molar-refractivity contribution in [2.75, 3.05) is 34.4 Å². The first-order valence-corrected chi connectivity index (χ1v) is 9.77. The number of carbonyl (C=O) groups is 2. The molecule has 1 heterocycles. The largest absolute Gasteiger partial charge is 0.493 e. The molecular weight excluding hydrogens is 344 g/mol. The minimum atomic E-state index is -0.150. The molecule has 27 heavy (non-hydrogen) atoms. The summed E-state index contributed by atoms with van der Waals surface area (Å²) in [6.45, 7) is 4.13. The summed E-state index contributed by atoms with van der Waals surface area (Å²) in [5, 5.41) is 0. The summed E-state index contributed by atoms with van der Waals surface area (Å²) in [5.74, 6) is 1.35. The molecule has 2 unspecified atom stereocenters. The van der Waals surface area contributed by atoms with Gasteiger partial charge in [-0.3, -0.25) is 9.59 Å². The van der Waals surface area contributed by atoms with Crippen molar-refractivity contribution in [3.8, 4) is 11.5 Å². The standard InChI is InChI=1S/C21H30N2O4/c1-5-6-8-22(2)20(24)16-12-17(16)21(25)23-9-7-14-10-18(26-3)19(27-4)11-15(14)13-23/h10-11,16-17H,5-9,12-13H2,1-4H3. The van der Waals surface area contributed by atoms with E-state index < -0.39 is 0 Å². The molecule has 1 fully saturated rings. The zero-order chi connectivity index (χ0) is 19.6. The third-order valence-corrected chi connectivity index (χ3v) is 5.68. The van der Waals surface area contributed by atoms with Gasteiger partial charge in [0.2, 0.25) is 11.8 Å². The predicted octanol–water partition coefficient (Wildman–Crippen LogP) is 2.48. The molecule has 2 aliphatic rings. The molecule has 0 radical (unpaired) electrons. The van der Waals surface area contributed by atoms with E-state index in [4.69, 9.17) is 9.47 Å². The van der Waals surface area contributed by atoms with Gasteiger partial charge in [0, 0.05) is 26.7 Å². The van der Waals surface area contributed by atoms with Crippen LogP contribution < -0.4 is 9.47 Å². The maximum Gasteiger partial charge on any atom is 0.226 e. The maximum atomic E-state index is 12.9. The number of carbonyl (C=O) groups excluding carboxylic acids is 2. The van der Waals surface area contributed by atoms with Gasteiger partial charge in [-0.15, -0.1) is 0 Å². The van der Waals surface area contributed by atoms with E-state index in [-0.39, 0.29) is 23.7 Å². The Balaban J connectivity index is 1.63. The summed E-state index contributed by atoms with van der Waals surface area (Å²) >= 11 is 0. The van der Waals surface area contributed by atoms with Crippen LogP contribution in [0.25, 0.3) is 0 Å². The fourth-order valence-electron chi connectivity index (χ4n) is 3.84. The molecule has 1 saturated carbocycles. The third-order valence-electron chi connectivity index (χ3n) is 5.68. The topological polar surface area (TPSA) is 59.1 Å². The zero-order valence-corrected chi connectivity index (χ0v) is 16.8. The fraction of sp³-hybridized carbons (Fsp3) is 0.619. The first-order chi connectivity index (χ1) is 13.0. The molecule has 1 aliphatic carbocycles. The number of hydrogen-bond donors (Lipinski definition) is 0. The van der Waals surface area contributed by atoms with E-state index in [2.05, 4.69) is 6.92 Å². The second kappa shape index (κ2) is 8.19. The van der Waals surface area contributed by atoms with Crippen molar-refractivity contribution in [1.82, 2.24) is 9.80 Å². The molecule has 2 amide bonds. The van der Waals surface area contributed by atoms with Crippen LogP contribution in [0.3, 0.4) is 0 Å². The van der Waals surface area contributed by atoms with Crippen LogP contribution in [0.1, 0.15) is 37.3 Å². The van der Waals surface area contributed by atoms with E-state index in [1.807, 2.05) is 24.1 Å². The van der Waals surface area contributed by atoms with Gasteiger partial charge in [0.15, 0.2) is 11.5 Å². The molecule has 1 aromatic rings. The van der Waals surface area contributed by atoms with Gasteiger partial charge in [-0.1, -0.05) is 13.3 Å². The highest BCUT2D eigenvalue weighted by Gasteiger charge is 2.50. The van der Waals surface area contributed by atoms with Crippen LogP contribution in [0.15, 0.2) is 12.1 Å². The molecule has 1 aromatic carbocycles. The lowest BCUT2D eigenvalue weighted by molar-refractivity contribution is -0.137. The van der Waals surface area contributed by atoms with E-state index in [9.17, 15) is 9.59 Å². The Hall–Kier alpha value is -2.24. The molecule has 0 aromatic heterocycles. The predicted molar refractivity (Wildman–Crippen MR) is 103 cm³/mol. The molecule has 3 rings (SSSR count). The summed E-state index contributed by atoms with van der Waals surface area (Å²) in [6.07, 6.45) is 3.54. The average molecular weight is 374 g/mol. The number of hydrogen-bond acceptors (Lipinski definition) is 4. The van der Waals surface area contributed by atoms with Crippen molar-refractivity contribution >= 4 is 11.8 Å². The molecule has 148 valence electrons. The maximum absolute atomic E-state index is 12.9. The van der Waals surface area contributed by atoms with Gasteiger partial charge >= 0.3 is 0 Å². The first kappa shape index (κ1) is 19.5. The lowest BCUT2D eigenvalue weighted by Gasteiger charge is -2.30. The van der Waals surface area contributed by atoms with Crippen molar-refractivity contribution in [3.63, 3.8) is 0 Å². The summed E-state index contributed by atoms with van der Waals surface area (Å²) in [6, 6.07) is 3.96. The van der Waals surface area contributed by atoms with Crippen molar-refractivity contribution in [3.05, 3.63) is 23.3 Å². The molecule has 6 nitrogen and oxygen atoms in total. The molecule has 0 bridgehead atoms. The van der Waals surface area contributed by atoms with Crippen LogP contribution in [-0.2, 0) is 22.6 Å². The lowest BCUT2D eigenvalue weighted by Crippen LogP contribution is -2.38. The van der Waals surface area contributed by atoms with Gasteiger partial charge in [0.05, 0.1) is 26.1 Å². The number of methoxy groups -OCH3 is 2. The SMILES string of the molecule is CCCCN(C)C(=O)C1CC1C(=O)N1CCc2cc(OC)c(OC)cc2C1. The second-order valence-electron chi connectivity index (χ2n) is 7.55. The average Bonchev–Trinajstić information content (AvgIpc) is 3.49. The molecular formula is C21H30N2O4. The van der Waals surface area contributed by atoms with Crippen LogP contribution in [0.5, 0.6) is 11.5 Å². The van der Waals surface area contributed by atoms with Gasteiger partial charge < -0.3 is 19.3 Å². The van der Waals surface area contributed by atoms with Crippen LogP contribution in [-0.4, -0.2) is 56.0 Å². The van der Waals surface area contributed by atoms with Crippen molar-refractivity contribution in [2.45, 2.75) is 39.2 Å². The summed E-state index contributed by atoms with van der Waals surface area (Å²) in [7, 11) is 5.09.